The average molecular weight is 304 g/mol. The number of piperidine rings is 1. The van der Waals surface area contributed by atoms with Crippen LogP contribution in [-0.2, 0) is 11.2 Å². The third kappa shape index (κ3) is 4.31. The summed E-state index contributed by atoms with van der Waals surface area (Å²) < 4.78 is 0. The zero-order chi connectivity index (χ0) is 16.2. The van der Waals surface area contributed by atoms with E-state index in [-0.39, 0.29) is 17.9 Å². The highest BCUT2D eigenvalue weighted by Crippen LogP contribution is 2.30. The minimum absolute atomic E-state index is 0.138. The molecule has 0 radical (unpaired) electrons. The number of hydrogen-bond donors (Lipinski definition) is 1. The molecule has 0 unspecified atom stereocenters. The lowest BCUT2D eigenvalue weighted by Crippen LogP contribution is -2.52. The van der Waals surface area contributed by atoms with Crippen LogP contribution in [0.5, 0.6) is 0 Å². The Morgan fingerprint density at radius 3 is 2.82 bits per heavy atom. The molecule has 4 nitrogen and oxygen atoms in total. The van der Waals surface area contributed by atoms with Gasteiger partial charge in [-0.05, 0) is 39.4 Å². The van der Waals surface area contributed by atoms with Crippen molar-refractivity contribution in [1.29, 1.82) is 0 Å². The van der Waals surface area contributed by atoms with Crippen molar-refractivity contribution in [1.82, 2.24) is 9.80 Å². The molecule has 1 aromatic rings. The summed E-state index contributed by atoms with van der Waals surface area (Å²) in [5, 5.41) is 9.85. The van der Waals surface area contributed by atoms with Gasteiger partial charge in [0.25, 0.3) is 0 Å². The molecule has 1 amide bonds. The number of aliphatic hydroxyl groups excluding tert-OH is 1. The molecular formula is C18H28N2O2. The van der Waals surface area contributed by atoms with Gasteiger partial charge in [-0.3, -0.25) is 4.79 Å². The van der Waals surface area contributed by atoms with Gasteiger partial charge in [-0.25, -0.2) is 0 Å². The van der Waals surface area contributed by atoms with E-state index in [1.54, 1.807) is 0 Å². The van der Waals surface area contributed by atoms with Gasteiger partial charge in [0, 0.05) is 25.0 Å². The molecule has 0 aromatic heterocycles. The number of nitrogens with zero attached hydrogens (tertiary/aromatic N) is 2. The molecule has 0 spiro atoms. The highest BCUT2D eigenvalue weighted by molar-refractivity contribution is 5.79. The first-order valence-corrected chi connectivity index (χ1v) is 8.03. The molecule has 22 heavy (non-hydrogen) atoms. The van der Waals surface area contributed by atoms with Crippen LogP contribution in [0.3, 0.4) is 0 Å². The van der Waals surface area contributed by atoms with Crippen LogP contribution in [0.4, 0.5) is 0 Å². The molecule has 1 atom stereocenters. The second-order valence-corrected chi connectivity index (χ2v) is 6.98. The molecule has 0 aliphatic carbocycles. The highest BCUT2D eigenvalue weighted by Gasteiger charge is 2.37. The van der Waals surface area contributed by atoms with E-state index in [1.165, 1.54) is 5.56 Å². The molecule has 1 heterocycles. The van der Waals surface area contributed by atoms with Gasteiger partial charge < -0.3 is 14.9 Å². The van der Waals surface area contributed by atoms with Crippen molar-refractivity contribution in [2.45, 2.75) is 26.2 Å². The smallest absolute Gasteiger partial charge is 0.227 e. The minimum Gasteiger partial charge on any atom is -0.396 e. The molecule has 2 rings (SSSR count). The predicted molar refractivity (Wildman–Crippen MR) is 88.8 cm³/mol. The van der Waals surface area contributed by atoms with Crippen molar-refractivity contribution in [3.05, 3.63) is 35.4 Å². The highest BCUT2D eigenvalue weighted by atomic mass is 16.3. The van der Waals surface area contributed by atoms with Crippen LogP contribution < -0.4 is 0 Å². The molecule has 1 aromatic carbocycles. The molecule has 4 heteroatoms. The number of carbonyl (C=O) groups is 1. The number of likely N-dealkylation sites (tertiary alicyclic amines) is 1. The lowest BCUT2D eigenvalue weighted by molar-refractivity contribution is -0.135. The van der Waals surface area contributed by atoms with E-state index in [1.807, 2.05) is 44.1 Å². The normalized spacial score (nSPS) is 22.1. The molecule has 0 saturated carbocycles. The predicted octanol–water partition coefficient (Wildman–Crippen LogP) is 1.70. The summed E-state index contributed by atoms with van der Waals surface area (Å²) in [5.74, 6) is 0.168. The minimum atomic E-state index is -0.177. The Labute approximate surface area is 133 Å². The van der Waals surface area contributed by atoms with E-state index >= 15 is 0 Å². The van der Waals surface area contributed by atoms with E-state index in [2.05, 4.69) is 11.0 Å². The quantitative estimate of drug-likeness (QED) is 0.900. The number of amides is 1. The van der Waals surface area contributed by atoms with Crippen LogP contribution in [0.2, 0.25) is 0 Å². The SMILES string of the molecule is Cc1cccc(CC(=O)N2CCC[C@@](CO)(CN(C)C)C2)c1. The Balaban J connectivity index is 2.03. The van der Waals surface area contributed by atoms with Crippen LogP contribution >= 0.6 is 0 Å². The van der Waals surface area contributed by atoms with Crippen LogP contribution in [0, 0.1) is 12.3 Å². The maximum absolute atomic E-state index is 12.6. The first-order chi connectivity index (χ1) is 10.4. The maximum Gasteiger partial charge on any atom is 0.227 e. The Morgan fingerprint density at radius 1 is 1.41 bits per heavy atom. The maximum atomic E-state index is 12.6. The van der Waals surface area contributed by atoms with Gasteiger partial charge in [0.1, 0.15) is 0 Å². The number of carbonyl (C=O) groups excluding carboxylic acids is 1. The summed E-state index contributed by atoms with van der Waals surface area (Å²) in [5.41, 5.74) is 2.07. The summed E-state index contributed by atoms with van der Waals surface area (Å²) >= 11 is 0. The van der Waals surface area contributed by atoms with Gasteiger partial charge in [-0.2, -0.15) is 0 Å². The van der Waals surface area contributed by atoms with Crippen molar-refractivity contribution in [3.8, 4) is 0 Å². The van der Waals surface area contributed by atoms with Crippen LogP contribution in [0.15, 0.2) is 24.3 Å². The first kappa shape index (κ1) is 17.0. The number of aliphatic hydroxyl groups is 1. The summed E-state index contributed by atoms with van der Waals surface area (Å²) in [6, 6.07) is 8.12. The second-order valence-electron chi connectivity index (χ2n) is 6.98. The first-order valence-electron chi connectivity index (χ1n) is 8.03. The lowest BCUT2D eigenvalue weighted by Gasteiger charge is -2.43. The fraction of sp³-hybridized carbons (Fsp3) is 0.611. The summed E-state index contributed by atoms with van der Waals surface area (Å²) in [6.45, 7) is 4.46. The average Bonchev–Trinajstić information content (AvgIpc) is 2.46. The van der Waals surface area contributed by atoms with Gasteiger partial charge in [0.05, 0.1) is 13.0 Å². The number of aryl methyl sites for hydroxylation is 1. The van der Waals surface area contributed by atoms with Crippen molar-refractivity contribution in [3.63, 3.8) is 0 Å². The van der Waals surface area contributed by atoms with E-state index < -0.39 is 0 Å². The van der Waals surface area contributed by atoms with Gasteiger partial charge in [-0.15, -0.1) is 0 Å². The summed E-state index contributed by atoms with van der Waals surface area (Å²) in [6.07, 6.45) is 2.40. The largest absolute Gasteiger partial charge is 0.396 e. The van der Waals surface area contributed by atoms with E-state index in [0.29, 0.717) is 13.0 Å². The Morgan fingerprint density at radius 2 is 2.18 bits per heavy atom. The van der Waals surface area contributed by atoms with Gasteiger partial charge in [0.2, 0.25) is 5.91 Å². The van der Waals surface area contributed by atoms with Crippen LogP contribution in [-0.4, -0.2) is 61.2 Å². The molecule has 1 N–H and O–H groups in total. The molecule has 1 saturated heterocycles. The number of rotatable bonds is 5. The third-order valence-electron chi connectivity index (χ3n) is 4.44. The standard InChI is InChI=1S/C18H28N2O2/c1-15-6-4-7-16(10-15)11-17(22)20-9-5-8-18(13-20,14-21)12-19(2)3/h4,6-7,10,21H,5,8-9,11-14H2,1-3H3/t18-/m1/s1. The van der Waals surface area contributed by atoms with Crippen molar-refractivity contribution >= 4 is 5.91 Å². The van der Waals surface area contributed by atoms with Crippen LogP contribution in [0.25, 0.3) is 0 Å². The van der Waals surface area contributed by atoms with E-state index in [4.69, 9.17) is 0 Å². The Kier molecular flexibility index (Phi) is 5.59. The zero-order valence-electron chi connectivity index (χ0n) is 14.0. The van der Waals surface area contributed by atoms with Gasteiger partial charge in [0.15, 0.2) is 0 Å². The Hall–Kier alpha value is -1.39. The lowest BCUT2D eigenvalue weighted by atomic mass is 9.80. The number of benzene rings is 1. The van der Waals surface area contributed by atoms with E-state index in [0.717, 1.165) is 31.5 Å². The van der Waals surface area contributed by atoms with Gasteiger partial charge >= 0.3 is 0 Å². The monoisotopic (exact) mass is 304 g/mol. The molecule has 122 valence electrons. The summed E-state index contributed by atoms with van der Waals surface area (Å²) in [4.78, 5) is 16.6. The van der Waals surface area contributed by atoms with Crippen molar-refractivity contribution in [2.75, 3.05) is 40.3 Å². The fourth-order valence-corrected chi connectivity index (χ4v) is 3.51. The molecule has 1 aliphatic rings. The third-order valence-corrected chi connectivity index (χ3v) is 4.44. The number of hydrogen-bond acceptors (Lipinski definition) is 3. The van der Waals surface area contributed by atoms with Crippen molar-refractivity contribution in [2.24, 2.45) is 5.41 Å². The molecule has 0 bridgehead atoms. The topological polar surface area (TPSA) is 43.8 Å². The second kappa shape index (κ2) is 7.25. The Bertz CT molecular complexity index is 516. The fourth-order valence-electron chi connectivity index (χ4n) is 3.51. The zero-order valence-corrected chi connectivity index (χ0v) is 14.0. The van der Waals surface area contributed by atoms with Crippen molar-refractivity contribution < 1.29 is 9.90 Å². The van der Waals surface area contributed by atoms with Gasteiger partial charge in [-0.1, -0.05) is 29.8 Å². The molecular weight excluding hydrogens is 276 g/mol. The van der Waals surface area contributed by atoms with E-state index in [9.17, 15) is 9.90 Å². The van der Waals surface area contributed by atoms with Crippen LogP contribution in [0.1, 0.15) is 24.0 Å². The molecule has 1 fully saturated rings. The summed E-state index contributed by atoms with van der Waals surface area (Å²) in [7, 11) is 4.04. The molecule has 1 aliphatic heterocycles.